The van der Waals surface area contributed by atoms with Crippen molar-refractivity contribution in [2.75, 3.05) is 11.9 Å². The highest BCUT2D eigenvalue weighted by Gasteiger charge is 2.39. The van der Waals surface area contributed by atoms with Crippen molar-refractivity contribution in [2.24, 2.45) is 5.73 Å². The number of rotatable bonds is 4. The highest BCUT2D eigenvalue weighted by Crippen LogP contribution is 2.27. The van der Waals surface area contributed by atoms with Crippen LogP contribution in [0.4, 0.5) is 5.82 Å². The Balaban J connectivity index is 2.14. The van der Waals surface area contributed by atoms with Gasteiger partial charge in [0.05, 0.1) is 17.7 Å². The molecule has 0 saturated heterocycles. The molecule has 1 aliphatic rings. The van der Waals surface area contributed by atoms with Crippen molar-refractivity contribution < 1.29 is 4.74 Å². The van der Waals surface area contributed by atoms with Crippen LogP contribution in [0.5, 0.6) is 0 Å². The molecule has 0 aromatic carbocycles. The molecule has 1 heterocycles. The Morgan fingerprint density at radius 3 is 3.06 bits per heavy atom. The quantitative estimate of drug-likeness (QED) is 0.833. The van der Waals surface area contributed by atoms with Gasteiger partial charge in [-0.1, -0.05) is 0 Å². The largest absolute Gasteiger partial charge is 0.376 e. The summed E-state index contributed by atoms with van der Waals surface area (Å²) in [6.07, 6.45) is 2.65. The second-order valence-electron chi connectivity index (χ2n) is 4.53. The van der Waals surface area contributed by atoms with Gasteiger partial charge in [-0.05, 0) is 31.9 Å². The average Bonchev–Trinajstić information content (AvgIpc) is 2.36. The molecule has 1 fully saturated rings. The lowest BCUT2D eigenvalue weighted by Gasteiger charge is -2.42. The molecular formula is C13H18N4O. The van der Waals surface area contributed by atoms with Gasteiger partial charge in [0.25, 0.3) is 0 Å². The number of nitriles is 1. The fraction of sp³-hybridized carbons (Fsp3) is 0.538. The van der Waals surface area contributed by atoms with E-state index in [9.17, 15) is 0 Å². The molecule has 3 N–H and O–H groups in total. The van der Waals surface area contributed by atoms with Crippen LogP contribution in [0.15, 0.2) is 12.3 Å². The van der Waals surface area contributed by atoms with Gasteiger partial charge in [-0.2, -0.15) is 5.26 Å². The molecule has 1 aromatic rings. The Morgan fingerprint density at radius 1 is 1.67 bits per heavy atom. The van der Waals surface area contributed by atoms with E-state index in [-0.39, 0.29) is 18.2 Å². The van der Waals surface area contributed by atoms with Crippen molar-refractivity contribution in [1.29, 1.82) is 5.26 Å². The summed E-state index contributed by atoms with van der Waals surface area (Å²) in [6.45, 7) is 4.53. The smallest absolute Gasteiger partial charge is 0.144 e. The van der Waals surface area contributed by atoms with Crippen molar-refractivity contribution in [2.45, 2.75) is 38.5 Å². The first-order valence-electron chi connectivity index (χ1n) is 6.16. The molecule has 3 unspecified atom stereocenters. The van der Waals surface area contributed by atoms with E-state index in [0.29, 0.717) is 18.0 Å². The summed E-state index contributed by atoms with van der Waals surface area (Å²) in [4.78, 5) is 4.22. The minimum atomic E-state index is 0.0337. The molecule has 96 valence electrons. The zero-order valence-electron chi connectivity index (χ0n) is 10.7. The molecule has 0 spiro atoms. The Kier molecular flexibility index (Phi) is 3.80. The van der Waals surface area contributed by atoms with Crippen LogP contribution in [0, 0.1) is 18.3 Å². The minimum absolute atomic E-state index is 0.0337. The number of nitrogens with one attached hydrogen (secondary N) is 1. The highest BCUT2D eigenvalue weighted by molar-refractivity contribution is 5.56. The van der Waals surface area contributed by atoms with E-state index < -0.39 is 0 Å². The van der Waals surface area contributed by atoms with E-state index in [1.165, 1.54) is 0 Å². The van der Waals surface area contributed by atoms with E-state index in [1.54, 1.807) is 6.20 Å². The summed E-state index contributed by atoms with van der Waals surface area (Å²) in [5.41, 5.74) is 7.46. The van der Waals surface area contributed by atoms with Crippen LogP contribution in [-0.4, -0.2) is 29.8 Å². The van der Waals surface area contributed by atoms with Gasteiger partial charge in [-0.25, -0.2) is 4.98 Å². The lowest BCUT2D eigenvalue weighted by atomic mass is 9.83. The third-order valence-corrected chi connectivity index (χ3v) is 3.32. The van der Waals surface area contributed by atoms with E-state index in [1.807, 2.05) is 19.9 Å². The number of aromatic nitrogens is 1. The van der Waals surface area contributed by atoms with E-state index in [4.69, 9.17) is 15.7 Å². The van der Waals surface area contributed by atoms with Gasteiger partial charge < -0.3 is 15.8 Å². The highest BCUT2D eigenvalue weighted by atomic mass is 16.5. The average molecular weight is 246 g/mol. The van der Waals surface area contributed by atoms with Crippen LogP contribution in [0.2, 0.25) is 0 Å². The molecule has 1 aliphatic carbocycles. The minimum Gasteiger partial charge on any atom is -0.376 e. The number of ether oxygens (including phenoxy) is 1. The molecule has 5 heteroatoms. The summed E-state index contributed by atoms with van der Waals surface area (Å²) in [6, 6.07) is 4.08. The van der Waals surface area contributed by atoms with Gasteiger partial charge in [-0.3, -0.25) is 0 Å². The number of pyridine rings is 1. The van der Waals surface area contributed by atoms with E-state index >= 15 is 0 Å². The van der Waals surface area contributed by atoms with Crippen molar-refractivity contribution in [3.63, 3.8) is 0 Å². The fourth-order valence-electron chi connectivity index (χ4n) is 2.19. The van der Waals surface area contributed by atoms with Crippen LogP contribution in [-0.2, 0) is 4.74 Å². The first kappa shape index (κ1) is 12.8. The first-order valence-corrected chi connectivity index (χ1v) is 6.16. The molecule has 18 heavy (non-hydrogen) atoms. The SMILES string of the molecule is CCOC1CC(N)C1Nc1nccc(C)c1C#N. The van der Waals surface area contributed by atoms with Crippen molar-refractivity contribution >= 4 is 5.82 Å². The summed E-state index contributed by atoms with van der Waals surface area (Å²) in [7, 11) is 0. The predicted molar refractivity (Wildman–Crippen MR) is 69.1 cm³/mol. The standard InChI is InChI=1S/C13H18N4O/c1-3-18-11-6-10(15)12(11)17-13-9(7-14)8(2)4-5-16-13/h4-5,10-12H,3,6,15H2,1-2H3,(H,16,17). The summed E-state index contributed by atoms with van der Waals surface area (Å²) >= 11 is 0. The summed E-state index contributed by atoms with van der Waals surface area (Å²) in [5.74, 6) is 0.599. The molecular weight excluding hydrogens is 228 g/mol. The lowest BCUT2D eigenvalue weighted by Crippen LogP contribution is -2.60. The second-order valence-corrected chi connectivity index (χ2v) is 4.53. The molecule has 0 bridgehead atoms. The molecule has 1 aromatic heterocycles. The third kappa shape index (κ3) is 2.30. The van der Waals surface area contributed by atoms with Crippen LogP contribution in [0.1, 0.15) is 24.5 Å². The van der Waals surface area contributed by atoms with Crippen LogP contribution < -0.4 is 11.1 Å². The molecule has 2 rings (SSSR count). The number of nitrogens with zero attached hydrogens (tertiary/aromatic N) is 2. The van der Waals surface area contributed by atoms with Crippen LogP contribution in [0.3, 0.4) is 0 Å². The maximum Gasteiger partial charge on any atom is 0.144 e. The fourth-order valence-corrected chi connectivity index (χ4v) is 2.19. The third-order valence-electron chi connectivity index (χ3n) is 3.32. The molecule has 0 amide bonds. The van der Waals surface area contributed by atoms with Gasteiger partial charge in [0.2, 0.25) is 0 Å². The zero-order valence-corrected chi connectivity index (χ0v) is 10.7. The number of hydrogen-bond donors (Lipinski definition) is 2. The van der Waals surface area contributed by atoms with Gasteiger partial charge >= 0.3 is 0 Å². The topological polar surface area (TPSA) is 84.0 Å². The van der Waals surface area contributed by atoms with Gasteiger partial charge in [0.1, 0.15) is 11.9 Å². The Bertz CT molecular complexity index is 467. The first-order chi connectivity index (χ1) is 8.67. The zero-order chi connectivity index (χ0) is 13.1. The number of hydrogen-bond acceptors (Lipinski definition) is 5. The maximum atomic E-state index is 9.15. The molecule has 5 nitrogen and oxygen atoms in total. The lowest BCUT2D eigenvalue weighted by molar-refractivity contribution is -0.0127. The van der Waals surface area contributed by atoms with Crippen LogP contribution >= 0.6 is 0 Å². The molecule has 0 radical (unpaired) electrons. The van der Waals surface area contributed by atoms with Crippen molar-refractivity contribution in [3.05, 3.63) is 23.4 Å². The Morgan fingerprint density at radius 2 is 2.44 bits per heavy atom. The second kappa shape index (κ2) is 5.34. The van der Waals surface area contributed by atoms with Gasteiger partial charge in [0.15, 0.2) is 0 Å². The number of nitrogens with two attached hydrogens (primary N) is 1. The monoisotopic (exact) mass is 246 g/mol. The predicted octanol–water partition coefficient (Wildman–Crippen LogP) is 1.18. The van der Waals surface area contributed by atoms with Crippen molar-refractivity contribution in [1.82, 2.24) is 4.98 Å². The van der Waals surface area contributed by atoms with Gasteiger partial charge in [0, 0.05) is 18.8 Å². The Labute approximate surface area is 107 Å². The molecule has 1 saturated carbocycles. The summed E-state index contributed by atoms with van der Waals surface area (Å²) < 4.78 is 5.58. The van der Waals surface area contributed by atoms with E-state index in [2.05, 4.69) is 16.4 Å². The molecule has 3 atom stereocenters. The van der Waals surface area contributed by atoms with Crippen molar-refractivity contribution in [3.8, 4) is 6.07 Å². The van der Waals surface area contributed by atoms with E-state index in [0.717, 1.165) is 12.0 Å². The van der Waals surface area contributed by atoms with Crippen LogP contribution in [0.25, 0.3) is 0 Å². The molecule has 0 aliphatic heterocycles. The number of anilines is 1. The summed E-state index contributed by atoms with van der Waals surface area (Å²) in [5, 5.41) is 12.4. The Hall–Kier alpha value is -1.64. The number of aryl methyl sites for hydroxylation is 1. The normalized spacial score (nSPS) is 26.2. The van der Waals surface area contributed by atoms with Gasteiger partial charge in [-0.15, -0.1) is 0 Å². The maximum absolute atomic E-state index is 9.15.